The minimum absolute atomic E-state index is 0.584. The van der Waals surface area contributed by atoms with Gasteiger partial charge in [0, 0.05) is 31.5 Å². The van der Waals surface area contributed by atoms with Crippen LogP contribution in [0.4, 0.5) is 11.5 Å². The number of hydrogen-bond donors (Lipinski definition) is 2. The SMILES string of the molecule is CNc1cc(NCc2ccc(C(C)C)cc2)ccn1. The van der Waals surface area contributed by atoms with E-state index in [1.807, 2.05) is 19.2 Å². The van der Waals surface area contributed by atoms with Crippen molar-refractivity contribution in [2.75, 3.05) is 17.7 Å². The van der Waals surface area contributed by atoms with Crippen LogP contribution in [0.25, 0.3) is 0 Å². The highest BCUT2D eigenvalue weighted by Gasteiger charge is 1.99. The maximum atomic E-state index is 4.19. The van der Waals surface area contributed by atoms with Gasteiger partial charge in [-0.05, 0) is 23.1 Å². The van der Waals surface area contributed by atoms with Crippen molar-refractivity contribution in [2.45, 2.75) is 26.3 Å². The van der Waals surface area contributed by atoms with Crippen molar-refractivity contribution in [3.63, 3.8) is 0 Å². The molecule has 3 nitrogen and oxygen atoms in total. The summed E-state index contributed by atoms with van der Waals surface area (Å²) in [4.78, 5) is 4.19. The van der Waals surface area contributed by atoms with E-state index in [0.717, 1.165) is 18.1 Å². The number of pyridine rings is 1. The molecule has 2 aromatic rings. The predicted molar refractivity (Wildman–Crippen MR) is 81.6 cm³/mol. The lowest BCUT2D eigenvalue weighted by Crippen LogP contribution is -2.01. The molecule has 19 heavy (non-hydrogen) atoms. The van der Waals surface area contributed by atoms with Crippen molar-refractivity contribution in [1.82, 2.24) is 4.98 Å². The average molecular weight is 255 g/mol. The van der Waals surface area contributed by atoms with Gasteiger partial charge in [0.25, 0.3) is 0 Å². The molecule has 0 fully saturated rings. The molecule has 0 saturated carbocycles. The van der Waals surface area contributed by atoms with Gasteiger partial charge in [-0.15, -0.1) is 0 Å². The first-order valence-electron chi connectivity index (χ1n) is 6.65. The zero-order valence-corrected chi connectivity index (χ0v) is 11.8. The number of nitrogens with one attached hydrogen (secondary N) is 2. The third-order valence-electron chi connectivity index (χ3n) is 3.16. The van der Waals surface area contributed by atoms with E-state index in [0.29, 0.717) is 5.92 Å². The molecule has 0 amide bonds. The molecule has 1 aromatic heterocycles. The molecule has 0 aliphatic rings. The van der Waals surface area contributed by atoms with Crippen LogP contribution in [0.5, 0.6) is 0 Å². The molecular weight excluding hydrogens is 234 g/mol. The largest absolute Gasteiger partial charge is 0.381 e. The molecule has 0 atom stereocenters. The van der Waals surface area contributed by atoms with Crippen molar-refractivity contribution in [3.8, 4) is 0 Å². The summed E-state index contributed by atoms with van der Waals surface area (Å²) in [5.41, 5.74) is 3.74. The fraction of sp³-hybridized carbons (Fsp3) is 0.312. The first kappa shape index (κ1) is 13.4. The normalized spacial score (nSPS) is 10.5. The summed E-state index contributed by atoms with van der Waals surface area (Å²) in [5.74, 6) is 1.46. The summed E-state index contributed by atoms with van der Waals surface area (Å²) < 4.78 is 0. The summed E-state index contributed by atoms with van der Waals surface area (Å²) >= 11 is 0. The van der Waals surface area contributed by atoms with E-state index in [1.54, 1.807) is 6.20 Å². The molecule has 0 spiro atoms. The first-order chi connectivity index (χ1) is 9.19. The Morgan fingerprint density at radius 2 is 1.84 bits per heavy atom. The van der Waals surface area contributed by atoms with Gasteiger partial charge in [0.1, 0.15) is 5.82 Å². The van der Waals surface area contributed by atoms with Crippen LogP contribution in [0.1, 0.15) is 30.9 Å². The van der Waals surface area contributed by atoms with Crippen molar-refractivity contribution < 1.29 is 0 Å². The molecule has 0 bridgehead atoms. The zero-order chi connectivity index (χ0) is 13.7. The number of nitrogens with zero attached hydrogens (tertiary/aromatic N) is 1. The van der Waals surface area contributed by atoms with E-state index >= 15 is 0 Å². The van der Waals surface area contributed by atoms with Crippen LogP contribution in [-0.2, 0) is 6.54 Å². The van der Waals surface area contributed by atoms with Crippen LogP contribution in [0.15, 0.2) is 42.6 Å². The molecule has 2 rings (SSSR count). The van der Waals surface area contributed by atoms with Crippen molar-refractivity contribution in [2.24, 2.45) is 0 Å². The van der Waals surface area contributed by atoms with E-state index in [9.17, 15) is 0 Å². The van der Waals surface area contributed by atoms with Crippen molar-refractivity contribution in [1.29, 1.82) is 0 Å². The fourth-order valence-electron chi connectivity index (χ4n) is 1.90. The van der Waals surface area contributed by atoms with Crippen LogP contribution >= 0.6 is 0 Å². The first-order valence-corrected chi connectivity index (χ1v) is 6.65. The lowest BCUT2D eigenvalue weighted by molar-refractivity contribution is 0.865. The molecule has 1 heterocycles. The Morgan fingerprint density at radius 1 is 1.11 bits per heavy atom. The Bertz CT molecular complexity index is 518. The smallest absolute Gasteiger partial charge is 0.127 e. The number of benzene rings is 1. The van der Waals surface area contributed by atoms with Crippen LogP contribution in [0.3, 0.4) is 0 Å². The molecule has 0 aliphatic heterocycles. The van der Waals surface area contributed by atoms with Gasteiger partial charge in [-0.25, -0.2) is 4.98 Å². The maximum absolute atomic E-state index is 4.19. The zero-order valence-electron chi connectivity index (χ0n) is 11.8. The maximum Gasteiger partial charge on any atom is 0.127 e. The van der Waals surface area contributed by atoms with Gasteiger partial charge < -0.3 is 10.6 Å². The van der Waals surface area contributed by atoms with Gasteiger partial charge in [-0.2, -0.15) is 0 Å². The topological polar surface area (TPSA) is 37.0 Å². The highest BCUT2D eigenvalue weighted by molar-refractivity contribution is 5.51. The quantitative estimate of drug-likeness (QED) is 0.852. The number of hydrogen-bond acceptors (Lipinski definition) is 3. The Kier molecular flexibility index (Phi) is 4.39. The second-order valence-electron chi connectivity index (χ2n) is 4.93. The van der Waals surface area contributed by atoms with Gasteiger partial charge in [0.05, 0.1) is 0 Å². The van der Waals surface area contributed by atoms with Crippen molar-refractivity contribution >= 4 is 11.5 Å². The highest BCUT2D eigenvalue weighted by atomic mass is 15.0. The predicted octanol–water partition coefficient (Wildman–Crippen LogP) is 3.86. The Balaban J connectivity index is 1.98. The Hall–Kier alpha value is -2.03. The fourth-order valence-corrected chi connectivity index (χ4v) is 1.90. The monoisotopic (exact) mass is 255 g/mol. The summed E-state index contributed by atoms with van der Waals surface area (Å²) in [6, 6.07) is 12.7. The number of anilines is 2. The van der Waals surface area contributed by atoms with Crippen LogP contribution in [0, 0.1) is 0 Å². The van der Waals surface area contributed by atoms with E-state index in [-0.39, 0.29) is 0 Å². The summed E-state index contributed by atoms with van der Waals surface area (Å²) in [6.07, 6.45) is 1.80. The Morgan fingerprint density at radius 3 is 2.47 bits per heavy atom. The van der Waals surface area contributed by atoms with Crippen LogP contribution in [-0.4, -0.2) is 12.0 Å². The second-order valence-corrected chi connectivity index (χ2v) is 4.93. The third-order valence-corrected chi connectivity index (χ3v) is 3.16. The number of aromatic nitrogens is 1. The minimum atomic E-state index is 0.584. The van der Waals surface area contributed by atoms with E-state index in [2.05, 4.69) is 53.7 Å². The van der Waals surface area contributed by atoms with Crippen LogP contribution < -0.4 is 10.6 Å². The number of rotatable bonds is 5. The van der Waals surface area contributed by atoms with E-state index in [4.69, 9.17) is 0 Å². The lowest BCUT2D eigenvalue weighted by atomic mass is 10.0. The lowest BCUT2D eigenvalue weighted by Gasteiger charge is -2.09. The van der Waals surface area contributed by atoms with Gasteiger partial charge in [-0.1, -0.05) is 38.1 Å². The van der Waals surface area contributed by atoms with Gasteiger partial charge >= 0.3 is 0 Å². The summed E-state index contributed by atoms with van der Waals surface area (Å²) in [6.45, 7) is 5.25. The molecule has 0 radical (unpaired) electrons. The molecule has 0 aliphatic carbocycles. The minimum Gasteiger partial charge on any atom is -0.381 e. The van der Waals surface area contributed by atoms with E-state index < -0.39 is 0 Å². The van der Waals surface area contributed by atoms with Gasteiger partial charge in [0.15, 0.2) is 0 Å². The molecular formula is C16H21N3. The van der Waals surface area contributed by atoms with Gasteiger partial charge in [-0.3, -0.25) is 0 Å². The highest BCUT2D eigenvalue weighted by Crippen LogP contribution is 2.16. The average Bonchev–Trinajstić information content (AvgIpc) is 2.46. The molecule has 2 N–H and O–H groups in total. The standard InChI is InChI=1S/C16H21N3/c1-12(2)14-6-4-13(5-7-14)11-19-15-8-9-18-16(10-15)17-3/h4-10,12H,11H2,1-3H3,(H2,17,18,19). The van der Waals surface area contributed by atoms with E-state index in [1.165, 1.54) is 11.1 Å². The second kappa shape index (κ2) is 6.23. The molecule has 3 heteroatoms. The molecule has 100 valence electrons. The van der Waals surface area contributed by atoms with Gasteiger partial charge in [0.2, 0.25) is 0 Å². The summed E-state index contributed by atoms with van der Waals surface area (Å²) in [5, 5.41) is 6.44. The van der Waals surface area contributed by atoms with Crippen molar-refractivity contribution in [3.05, 3.63) is 53.7 Å². The molecule has 1 aromatic carbocycles. The summed E-state index contributed by atoms with van der Waals surface area (Å²) in [7, 11) is 1.87. The third kappa shape index (κ3) is 3.71. The molecule has 0 unspecified atom stereocenters. The van der Waals surface area contributed by atoms with Crippen LogP contribution in [0.2, 0.25) is 0 Å². The Labute approximate surface area is 115 Å². The molecule has 0 saturated heterocycles.